The minimum atomic E-state index is -0.478. The summed E-state index contributed by atoms with van der Waals surface area (Å²) in [5, 5.41) is 0.445. The Morgan fingerprint density at radius 2 is 1.70 bits per heavy atom. The van der Waals surface area contributed by atoms with Crippen LogP contribution in [0.15, 0.2) is 46.4 Å². The van der Waals surface area contributed by atoms with Crippen LogP contribution in [0.2, 0.25) is 5.02 Å². The second-order valence-electron chi connectivity index (χ2n) is 6.52. The maximum Gasteiger partial charge on any atom is 0.265 e. The number of methoxy groups -OCH3 is 1. The van der Waals surface area contributed by atoms with Gasteiger partial charge in [-0.3, -0.25) is 19.4 Å². The highest BCUT2D eigenvalue weighted by Crippen LogP contribution is 2.38. The van der Waals surface area contributed by atoms with E-state index < -0.39 is 11.8 Å². The van der Waals surface area contributed by atoms with E-state index >= 15 is 0 Å². The Balaban J connectivity index is 1.90. The summed E-state index contributed by atoms with van der Waals surface area (Å²) in [6.07, 6.45) is 1.46. The molecule has 2 aromatic rings. The summed E-state index contributed by atoms with van der Waals surface area (Å²) in [5.41, 5.74) is 1.47. The van der Waals surface area contributed by atoms with Gasteiger partial charge >= 0.3 is 0 Å². The molecule has 2 amide bonds. The van der Waals surface area contributed by atoms with E-state index in [2.05, 4.69) is 15.9 Å². The number of hydrogen-bond acceptors (Lipinski definition) is 5. The van der Waals surface area contributed by atoms with E-state index in [1.165, 1.54) is 37.1 Å². The molecule has 1 heterocycles. The molecule has 0 atom stereocenters. The first kappa shape index (κ1) is 22.3. The molecule has 0 N–H and O–H groups in total. The lowest BCUT2D eigenvalue weighted by Gasteiger charge is -2.31. The van der Waals surface area contributed by atoms with Crippen molar-refractivity contribution in [2.75, 3.05) is 21.2 Å². The summed E-state index contributed by atoms with van der Waals surface area (Å²) in [6, 6.07) is 11.0. The van der Waals surface area contributed by atoms with Crippen molar-refractivity contribution >= 4 is 62.8 Å². The van der Waals surface area contributed by atoms with Gasteiger partial charge in [-0.05, 0) is 53.7 Å². The number of hydrogen-bond donors (Lipinski definition) is 0. The minimum Gasteiger partial charge on any atom is -0.493 e. The summed E-state index contributed by atoms with van der Waals surface area (Å²) >= 11 is 14.9. The Kier molecular flexibility index (Phi) is 6.80. The number of carbonyl (C=O) groups is 2. The average molecular weight is 510 g/mol. The molecule has 156 valence electrons. The molecule has 2 aromatic carbocycles. The zero-order valence-corrected chi connectivity index (χ0v) is 19.6. The number of ether oxygens (including phenoxy) is 2. The number of halogens is 2. The number of thiocarbonyl (C=S) groups is 1. The first-order chi connectivity index (χ1) is 14.2. The van der Waals surface area contributed by atoms with Crippen LogP contribution in [0.1, 0.15) is 11.1 Å². The van der Waals surface area contributed by atoms with Gasteiger partial charge in [-0.25, -0.2) is 0 Å². The van der Waals surface area contributed by atoms with E-state index in [0.29, 0.717) is 28.7 Å². The molecule has 0 aliphatic carbocycles. The fraction of sp³-hybridized carbons (Fsp3) is 0.190. The molecule has 0 radical (unpaired) electrons. The van der Waals surface area contributed by atoms with Gasteiger partial charge < -0.3 is 9.47 Å². The lowest BCUT2D eigenvalue weighted by Crippen LogP contribution is -2.52. The van der Waals surface area contributed by atoms with Gasteiger partial charge in [-0.2, -0.15) is 0 Å². The van der Waals surface area contributed by atoms with Crippen molar-refractivity contribution in [2.45, 2.75) is 6.61 Å². The molecule has 0 aromatic heterocycles. The second kappa shape index (κ2) is 9.16. The molecule has 9 heteroatoms. The highest BCUT2D eigenvalue weighted by molar-refractivity contribution is 9.10. The zero-order valence-electron chi connectivity index (χ0n) is 16.4. The van der Waals surface area contributed by atoms with Gasteiger partial charge in [0.25, 0.3) is 11.8 Å². The number of rotatable bonds is 5. The third-order valence-corrected chi connectivity index (χ3v) is 5.86. The Bertz CT molecular complexity index is 1030. The van der Waals surface area contributed by atoms with Crippen LogP contribution in [0.25, 0.3) is 6.08 Å². The molecule has 0 saturated carbocycles. The Hall–Kier alpha value is -2.42. The summed E-state index contributed by atoms with van der Waals surface area (Å²) < 4.78 is 12.3. The standard InChI is InChI=1S/C21H18BrClN2O4S/c1-24-19(26)15(20(27)25(2)21(24)30)8-13-9-16(23)18(17(10-13)28-3)29-11-12-4-6-14(22)7-5-12/h4-10H,11H2,1-3H3. The lowest BCUT2D eigenvalue weighted by atomic mass is 10.1. The summed E-state index contributed by atoms with van der Waals surface area (Å²) in [6.45, 7) is 0.299. The van der Waals surface area contributed by atoms with Gasteiger partial charge in [0.15, 0.2) is 16.6 Å². The van der Waals surface area contributed by atoms with E-state index in [0.717, 1.165) is 10.0 Å². The molecule has 6 nitrogen and oxygen atoms in total. The summed E-state index contributed by atoms with van der Waals surface area (Å²) in [7, 11) is 4.54. The van der Waals surface area contributed by atoms with Crippen molar-refractivity contribution in [1.82, 2.24) is 9.80 Å². The van der Waals surface area contributed by atoms with Gasteiger partial charge in [-0.1, -0.05) is 39.7 Å². The fourth-order valence-electron chi connectivity index (χ4n) is 2.84. The summed E-state index contributed by atoms with van der Waals surface area (Å²) in [5.74, 6) is -0.192. The Labute approximate surface area is 193 Å². The third kappa shape index (κ3) is 4.50. The van der Waals surface area contributed by atoms with Crippen LogP contribution >= 0.6 is 39.7 Å². The number of amides is 2. The molecule has 1 fully saturated rings. The molecule has 0 spiro atoms. The van der Waals surface area contributed by atoms with E-state index in [4.69, 9.17) is 33.3 Å². The fourth-order valence-corrected chi connectivity index (χ4v) is 3.54. The second-order valence-corrected chi connectivity index (χ2v) is 8.21. The quantitative estimate of drug-likeness (QED) is 0.342. The topological polar surface area (TPSA) is 59.1 Å². The number of likely N-dealkylation sites (N-methyl/N-ethyl adjacent to an activating group) is 2. The maximum atomic E-state index is 12.5. The monoisotopic (exact) mass is 508 g/mol. The smallest absolute Gasteiger partial charge is 0.265 e. The van der Waals surface area contributed by atoms with Crippen molar-refractivity contribution < 1.29 is 19.1 Å². The van der Waals surface area contributed by atoms with Gasteiger partial charge in [0.1, 0.15) is 12.2 Å². The van der Waals surface area contributed by atoms with Crippen molar-refractivity contribution in [3.8, 4) is 11.5 Å². The normalized spacial score (nSPS) is 14.3. The number of carbonyl (C=O) groups excluding carboxylic acids is 2. The molecule has 30 heavy (non-hydrogen) atoms. The van der Waals surface area contributed by atoms with Gasteiger partial charge in [-0.15, -0.1) is 0 Å². The number of nitrogens with zero attached hydrogens (tertiary/aromatic N) is 2. The van der Waals surface area contributed by atoms with E-state index in [9.17, 15) is 9.59 Å². The molecule has 1 aliphatic rings. The largest absolute Gasteiger partial charge is 0.493 e. The number of benzene rings is 2. The van der Waals surface area contributed by atoms with Crippen molar-refractivity contribution in [3.63, 3.8) is 0 Å². The third-order valence-electron chi connectivity index (χ3n) is 4.50. The predicted molar refractivity (Wildman–Crippen MR) is 123 cm³/mol. The first-order valence-electron chi connectivity index (χ1n) is 8.79. The molecule has 0 unspecified atom stereocenters. The Morgan fingerprint density at radius 1 is 1.10 bits per heavy atom. The molecular weight excluding hydrogens is 492 g/mol. The zero-order chi connectivity index (χ0) is 22.0. The van der Waals surface area contributed by atoms with Crippen LogP contribution in [0.3, 0.4) is 0 Å². The molecular formula is C21H18BrClN2O4S. The minimum absolute atomic E-state index is 0.0183. The maximum absolute atomic E-state index is 12.5. The molecule has 0 bridgehead atoms. The van der Waals surface area contributed by atoms with Crippen LogP contribution in [0.4, 0.5) is 0 Å². The van der Waals surface area contributed by atoms with Crippen LogP contribution < -0.4 is 9.47 Å². The van der Waals surface area contributed by atoms with E-state index in [-0.39, 0.29) is 10.7 Å². The van der Waals surface area contributed by atoms with Crippen LogP contribution in [0, 0.1) is 0 Å². The van der Waals surface area contributed by atoms with Crippen molar-refractivity contribution in [3.05, 3.63) is 62.6 Å². The van der Waals surface area contributed by atoms with Gasteiger partial charge in [0, 0.05) is 18.6 Å². The average Bonchev–Trinajstić information content (AvgIpc) is 2.74. The van der Waals surface area contributed by atoms with E-state index in [1.54, 1.807) is 12.1 Å². The highest BCUT2D eigenvalue weighted by atomic mass is 79.9. The SMILES string of the molecule is COc1cc(C=C2C(=O)N(C)C(=S)N(C)C2=O)cc(Cl)c1OCc1ccc(Br)cc1. The summed E-state index contributed by atoms with van der Waals surface area (Å²) in [4.78, 5) is 27.5. The van der Waals surface area contributed by atoms with E-state index in [1.807, 2.05) is 24.3 Å². The Morgan fingerprint density at radius 3 is 2.27 bits per heavy atom. The first-order valence-corrected chi connectivity index (χ1v) is 10.4. The highest BCUT2D eigenvalue weighted by Gasteiger charge is 2.35. The van der Waals surface area contributed by atoms with Crippen molar-refractivity contribution in [1.29, 1.82) is 0 Å². The van der Waals surface area contributed by atoms with Crippen LogP contribution in [-0.2, 0) is 16.2 Å². The molecule has 1 saturated heterocycles. The van der Waals surface area contributed by atoms with Gasteiger partial charge in [0.2, 0.25) is 0 Å². The molecule has 1 aliphatic heterocycles. The molecule has 3 rings (SSSR count). The van der Waals surface area contributed by atoms with Gasteiger partial charge in [0.05, 0.1) is 12.1 Å². The lowest BCUT2D eigenvalue weighted by molar-refractivity contribution is -0.132. The van der Waals surface area contributed by atoms with Crippen molar-refractivity contribution in [2.24, 2.45) is 0 Å². The predicted octanol–water partition coefficient (Wildman–Crippen LogP) is 4.29. The van der Waals surface area contributed by atoms with Crippen LogP contribution in [0.5, 0.6) is 11.5 Å². The van der Waals surface area contributed by atoms with Crippen LogP contribution in [-0.4, -0.2) is 47.9 Å².